The summed E-state index contributed by atoms with van der Waals surface area (Å²) in [4.78, 5) is 28.4. The number of hydrogen-bond acceptors (Lipinski definition) is 6. The molecule has 1 aromatic rings. The first-order valence-electron chi connectivity index (χ1n) is 7.70. The van der Waals surface area contributed by atoms with Crippen molar-refractivity contribution in [3.8, 4) is 0 Å². The molecular weight excluding hydrogens is 380 g/mol. The van der Waals surface area contributed by atoms with Crippen LogP contribution in [0.15, 0.2) is 16.9 Å². The SMILES string of the molecule is CC(C)(C)OC(=O)N1CCC[C@@H](Nc2cc(Br)ncc2[N+](=O)[O-])C1. The van der Waals surface area contributed by atoms with Crippen LogP contribution in [0.1, 0.15) is 33.6 Å². The number of piperidine rings is 1. The number of anilines is 1. The molecule has 24 heavy (non-hydrogen) atoms. The van der Waals surface area contributed by atoms with E-state index < -0.39 is 10.5 Å². The third-order valence-electron chi connectivity index (χ3n) is 3.48. The van der Waals surface area contributed by atoms with Gasteiger partial charge in [0.2, 0.25) is 0 Å². The lowest BCUT2D eigenvalue weighted by atomic mass is 10.1. The molecule has 0 aromatic carbocycles. The van der Waals surface area contributed by atoms with Crippen molar-refractivity contribution in [2.45, 2.75) is 45.3 Å². The van der Waals surface area contributed by atoms with E-state index in [1.54, 1.807) is 11.0 Å². The second kappa shape index (κ2) is 7.33. The molecule has 1 atom stereocenters. The minimum absolute atomic E-state index is 0.0840. The Hall–Kier alpha value is -1.90. The smallest absolute Gasteiger partial charge is 0.410 e. The van der Waals surface area contributed by atoms with E-state index in [2.05, 4.69) is 26.2 Å². The van der Waals surface area contributed by atoms with E-state index in [0.29, 0.717) is 23.4 Å². The number of amides is 1. The number of nitro groups is 1. The molecule has 0 aliphatic carbocycles. The van der Waals surface area contributed by atoms with Gasteiger partial charge in [0.05, 0.1) is 4.92 Å². The highest BCUT2D eigenvalue weighted by Gasteiger charge is 2.28. The second-order valence-corrected chi connectivity index (χ2v) is 7.50. The van der Waals surface area contributed by atoms with Gasteiger partial charge in [0, 0.05) is 25.2 Å². The van der Waals surface area contributed by atoms with E-state index in [1.165, 1.54) is 6.20 Å². The number of carbonyl (C=O) groups is 1. The van der Waals surface area contributed by atoms with Gasteiger partial charge in [0.25, 0.3) is 0 Å². The van der Waals surface area contributed by atoms with Crippen LogP contribution in [-0.4, -0.2) is 45.6 Å². The minimum atomic E-state index is -0.549. The lowest BCUT2D eigenvalue weighted by Crippen LogP contribution is -2.47. The summed E-state index contributed by atoms with van der Waals surface area (Å²) in [6, 6.07) is 1.49. The van der Waals surface area contributed by atoms with Crippen LogP contribution in [0, 0.1) is 10.1 Å². The van der Waals surface area contributed by atoms with Crippen molar-refractivity contribution in [2.24, 2.45) is 0 Å². The number of pyridine rings is 1. The number of rotatable bonds is 3. The number of nitrogens with one attached hydrogen (secondary N) is 1. The molecule has 2 heterocycles. The fourth-order valence-electron chi connectivity index (χ4n) is 2.49. The summed E-state index contributed by atoms with van der Waals surface area (Å²) in [6.07, 6.45) is 2.47. The average molecular weight is 401 g/mol. The number of carbonyl (C=O) groups excluding carboxylic acids is 1. The van der Waals surface area contributed by atoms with E-state index in [9.17, 15) is 14.9 Å². The summed E-state index contributed by atoms with van der Waals surface area (Å²) < 4.78 is 5.90. The summed E-state index contributed by atoms with van der Waals surface area (Å²) >= 11 is 3.22. The van der Waals surface area contributed by atoms with E-state index in [-0.39, 0.29) is 17.8 Å². The van der Waals surface area contributed by atoms with Crippen LogP contribution >= 0.6 is 15.9 Å². The van der Waals surface area contributed by atoms with Crippen LogP contribution < -0.4 is 5.32 Å². The molecule has 1 aliphatic rings. The highest BCUT2D eigenvalue weighted by molar-refractivity contribution is 9.10. The predicted octanol–water partition coefficient (Wildman–Crippen LogP) is 3.56. The summed E-state index contributed by atoms with van der Waals surface area (Å²) in [7, 11) is 0. The molecule has 8 nitrogen and oxygen atoms in total. The molecule has 0 unspecified atom stereocenters. The van der Waals surface area contributed by atoms with Gasteiger partial charge in [-0.3, -0.25) is 10.1 Å². The molecule has 1 N–H and O–H groups in total. The van der Waals surface area contributed by atoms with E-state index in [1.807, 2.05) is 20.8 Å². The van der Waals surface area contributed by atoms with Crippen molar-refractivity contribution >= 4 is 33.4 Å². The van der Waals surface area contributed by atoms with E-state index >= 15 is 0 Å². The van der Waals surface area contributed by atoms with Crippen LogP contribution in [0.5, 0.6) is 0 Å². The van der Waals surface area contributed by atoms with Gasteiger partial charge in [-0.15, -0.1) is 0 Å². The largest absolute Gasteiger partial charge is 0.444 e. The summed E-state index contributed by atoms with van der Waals surface area (Å²) in [5.41, 5.74) is -0.253. The lowest BCUT2D eigenvalue weighted by molar-refractivity contribution is -0.384. The molecule has 1 saturated heterocycles. The molecule has 0 bridgehead atoms. The fraction of sp³-hybridized carbons (Fsp3) is 0.600. The Morgan fingerprint density at radius 1 is 1.54 bits per heavy atom. The van der Waals surface area contributed by atoms with Gasteiger partial charge in [-0.2, -0.15) is 0 Å². The number of nitrogens with zero attached hydrogens (tertiary/aromatic N) is 3. The highest BCUT2D eigenvalue weighted by Crippen LogP contribution is 2.28. The zero-order valence-corrected chi connectivity index (χ0v) is 15.5. The Kier molecular flexibility index (Phi) is 5.63. The van der Waals surface area contributed by atoms with E-state index in [0.717, 1.165) is 12.8 Å². The zero-order chi connectivity index (χ0) is 17.9. The molecule has 1 aliphatic heterocycles. The Labute approximate surface area is 148 Å². The molecule has 2 rings (SSSR count). The topological polar surface area (TPSA) is 97.6 Å². The molecule has 1 fully saturated rings. The predicted molar refractivity (Wildman–Crippen MR) is 93.0 cm³/mol. The molecule has 0 spiro atoms. The maximum absolute atomic E-state index is 12.2. The van der Waals surface area contributed by atoms with Crippen LogP contribution in [0.2, 0.25) is 0 Å². The first kappa shape index (κ1) is 18.4. The molecule has 9 heteroatoms. The van der Waals surface area contributed by atoms with Crippen molar-refractivity contribution in [1.82, 2.24) is 9.88 Å². The van der Waals surface area contributed by atoms with Crippen molar-refractivity contribution < 1.29 is 14.5 Å². The van der Waals surface area contributed by atoms with E-state index in [4.69, 9.17) is 4.74 Å². The van der Waals surface area contributed by atoms with Gasteiger partial charge in [-0.25, -0.2) is 9.78 Å². The first-order valence-corrected chi connectivity index (χ1v) is 8.49. The number of aromatic nitrogens is 1. The zero-order valence-electron chi connectivity index (χ0n) is 13.9. The van der Waals surface area contributed by atoms with Crippen LogP contribution in [-0.2, 0) is 4.74 Å². The summed E-state index contributed by atoms with van der Waals surface area (Å²) in [6.45, 7) is 6.52. The fourth-order valence-corrected chi connectivity index (χ4v) is 2.82. The third-order valence-corrected chi connectivity index (χ3v) is 3.91. The number of halogens is 1. The molecule has 1 aromatic heterocycles. The molecular formula is C15H21BrN4O4. The first-order chi connectivity index (χ1) is 11.2. The quantitative estimate of drug-likeness (QED) is 0.473. The van der Waals surface area contributed by atoms with Gasteiger partial charge in [-0.05, 0) is 49.5 Å². The Balaban J connectivity index is 2.07. The van der Waals surface area contributed by atoms with Crippen LogP contribution in [0.25, 0.3) is 0 Å². The van der Waals surface area contributed by atoms with Crippen LogP contribution in [0.3, 0.4) is 0 Å². The highest BCUT2D eigenvalue weighted by atomic mass is 79.9. The van der Waals surface area contributed by atoms with Gasteiger partial charge in [0.15, 0.2) is 0 Å². The average Bonchev–Trinajstić information content (AvgIpc) is 2.45. The minimum Gasteiger partial charge on any atom is -0.444 e. The number of ether oxygens (including phenoxy) is 1. The Bertz CT molecular complexity index is 632. The van der Waals surface area contributed by atoms with Crippen molar-refractivity contribution in [3.63, 3.8) is 0 Å². The lowest BCUT2D eigenvalue weighted by Gasteiger charge is -2.34. The third kappa shape index (κ3) is 5.05. The number of likely N-dealkylation sites (tertiary alicyclic amines) is 1. The van der Waals surface area contributed by atoms with Crippen molar-refractivity contribution in [1.29, 1.82) is 0 Å². The normalized spacial score (nSPS) is 18.2. The van der Waals surface area contributed by atoms with Gasteiger partial charge in [0.1, 0.15) is 22.1 Å². The summed E-state index contributed by atoms with van der Waals surface area (Å²) in [5.74, 6) is 0. The second-order valence-electron chi connectivity index (χ2n) is 6.69. The van der Waals surface area contributed by atoms with Crippen molar-refractivity contribution in [2.75, 3.05) is 18.4 Å². The molecule has 1 amide bonds. The number of hydrogen-bond donors (Lipinski definition) is 1. The Morgan fingerprint density at radius 3 is 2.88 bits per heavy atom. The molecule has 0 radical (unpaired) electrons. The van der Waals surface area contributed by atoms with Gasteiger partial charge >= 0.3 is 11.8 Å². The van der Waals surface area contributed by atoms with Crippen LogP contribution in [0.4, 0.5) is 16.2 Å². The molecule has 132 valence electrons. The Morgan fingerprint density at radius 2 is 2.25 bits per heavy atom. The van der Waals surface area contributed by atoms with Crippen molar-refractivity contribution in [3.05, 3.63) is 27.0 Å². The molecule has 0 saturated carbocycles. The summed E-state index contributed by atoms with van der Waals surface area (Å²) in [5, 5.41) is 14.3. The standard InChI is InChI=1S/C15H21BrN4O4/c1-15(2,3)24-14(21)19-6-4-5-10(9-19)18-11-7-13(16)17-8-12(11)20(22)23/h7-8,10H,4-6,9H2,1-3H3,(H,17,18)/t10-/m1/s1. The van der Waals surface area contributed by atoms with Gasteiger partial charge < -0.3 is 15.0 Å². The van der Waals surface area contributed by atoms with Gasteiger partial charge in [-0.1, -0.05) is 0 Å². The maximum Gasteiger partial charge on any atom is 0.410 e. The maximum atomic E-state index is 12.2. The monoisotopic (exact) mass is 400 g/mol.